The predicted octanol–water partition coefficient (Wildman–Crippen LogP) is 7.44. The number of fused-ring (bicyclic) bond motifs is 1. The van der Waals surface area contributed by atoms with Crippen molar-refractivity contribution in [3.63, 3.8) is 0 Å². The summed E-state index contributed by atoms with van der Waals surface area (Å²) in [7, 11) is 0. The van der Waals surface area contributed by atoms with Crippen LogP contribution in [0, 0.1) is 0 Å². The zero-order valence-electron chi connectivity index (χ0n) is 21.7. The molecule has 0 N–H and O–H groups in total. The van der Waals surface area contributed by atoms with Gasteiger partial charge in [-0.2, -0.15) is 0 Å². The van der Waals surface area contributed by atoms with Gasteiger partial charge in [0.1, 0.15) is 5.71 Å². The van der Waals surface area contributed by atoms with Crippen LogP contribution in [0.15, 0.2) is 90.6 Å². The molecule has 5 nitrogen and oxygen atoms in total. The van der Waals surface area contributed by atoms with E-state index in [1.807, 2.05) is 42.5 Å². The van der Waals surface area contributed by atoms with Crippen molar-refractivity contribution in [2.75, 3.05) is 11.4 Å². The van der Waals surface area contributed by atoms with Gasteiger partial charge in [-0.15, -0.1) is 0 Å². The van der Waals surface area contributed by atoms with Crippen LogP contribution in [0.2, 0.25) is 0 Å². The van der Waals surface area contributed by atoms with Gasteiger partial charge in [-0.1, -0.05) is 98.6 Å². The molecule has 1 atom stereocenters. The van der Waals surface area contributed by atoms with Crippen LogP contribution in [-0.2, 0) is 14.4 Å². The van der Waals surface area contributed by atoms with E-state index in [-0.39, 0.29) is 11.7 Å². The summed E-state index contributed by atoms with van der Waals surface area (Å²) in [4.78, 5) is 32.2. The van der Waals surface area contributed by atoms with E-state index < -0.39 is 5.97 Å². The molecule has 0 aliphatic carbocycles. The number of rotatable bonds is 11. The highest BCUT2D eigenvalue weighted by Gasteiger charge is 2.36. The second-order valence-electron chi connectivity index (χ2n) is 9.41. The summed E-state index contributed by atoms with van der Waals surface area (Å²) in [6, 6.07) is 26.4. The van der Waals surface area contributed by atoms with Gasteiger partial charge in [0.05, 0.1) is 5.92 Å². The fourth-order valence-electron chi connectivity index (χ4n) is 4.78. The van der Waals surface area contributed by atoms with Gasteiger partial charge < -0.3 is 9.74 Å². The van der Waals surface area contributed by atoms with Crippen molar-refractivity contribution in [2.45, 2.75) is 51.9 Å². The molecule has 3 aromatic rings. The van der Waals surface area contributed by atoms with Crippen LogP contribution in [0.1, 0.15) is 68.6 Å². The Morgan fingerprint density at radius 1 is 0.919 bits per heavy atom. The summed E-state index contributed by atoms with van der Waals surface area (Å²) < 4.78 is 0. The molecule has 0 amide bonds. The number of para-hydroxylation sites is 1. The van der Waals surface area contributed by atoms with Crippen molar-refractivity contribution in [2.24, 2.45) is 5.16 Å². The average Bonchev–Trinajstić information content (AvgIpc) is 3.32. The second kappa shape index (κ2) is 12.3. The number of carbonyl (C=O) groups is 2. The first-order chi connectivity index (χ1) is 18.0. The monoisotopic (exact) mass is 494 g/mol. The maximum Gasteiger partial charge on any atom is 0.331 e. The molecule has 0 saturated heterocycles. The molecule has 4 rings (SSSR count). The first kappa shape index (κ1) is 26.1. The van der Waals surface area contributed by atoms with Crippen molar-refractivity contribution in [1.82, 2.24) is 0 Å². The van der Waals surface area contributed by atoms with Crippen molar-refractivity contribution in [1.29, 1.82) is 0 Å². The third kappa shape index (κ3) is 6.23. The molecule has 1 aliphatic heterocycles. The molecule has 0 bridgehead atoms. The Bertz CT molecular complexity index is 1280. The van der Waals surface area contributed by atoms with Gasteiger partial charge in [0.2, 0.25) is 0 Å². The highest BCUT2D eigenvalue weighted by Crippen LogP contribution is 2.42. The largest absolute Gasteiger partial charge is 0.340 e. The molecule has 37 heavy (non-hydrogen) atoms. The zero-order chi connectivity index (χ0) is 26.2. The third-order valence-electron chi connectivity index (χ3n) is 6.77. The Balaban J connectivity index is 1.57. The Labute approximate surface area is 219 Å². The lowest BCUT2D eigenvalue weighted by molar-refractivity contribution is -0.141. The maximum atomic E-state index is 13.7. The topological polar surface area (TPSA) is 59.0 Å². The number of Topliss-reactive ketones (excluding diaryl/α,β-unsaturated/α-hetero) is 1. The van der Waals surface area contributed by atoms with Crippen LogP contribution >= 0.6 is 0 Å². The quantitative estimate of drug-likeness (QED) is 0.120. The van der Waals surface area contributed by atoms with Crippen LogP contribution in [-0.4, -0.2) is 24.0 Å². The molecule has 0 spiro atoms. The number of unbranched alkanes of at least 4 members (excludes halogenated alkanes) is 3. The number of hydrogen-bond donors (Lipinski definition) is 0. The van der Waals surface area contributed by atoms with Crippen LogP contribution in [0.5, 0.6) is 0 Å². The highest BCUT2D eigenvalue weighted by atomic mass is 16.7. The van der Waals surface area contributed by atoms with Gasteiger partial charge in [0.25, 0.3) is 0 Å². The smallest absolute Gasteiger partial charge is 0.331 e. The van der Waals surface area contributed by atoms with Gasteiger partial charge in [-0.05, 0) is 53.3 Å². The van der Waals surface area contributed by atoms with Crippen LogP contribution in [0.25, 0.3) is 5.57 Å². The molecule has 0 saturated carbocycles. The summed E-state index contributed by atoms with van der Waals surface area (Å²) >= 11 is 0. The number of hydrogen-bond acceptors (Lipinski definition) is 5. The molecule has 190 valence electrons. The number of oxime groups is 1. The first-order valence-corrected chi connectivity index (χ1v) is 13.0. The molecule has 1 heterocycles. The lowest BCUT2D eigenvalue weighted by Crippen LogP contribution is -2.26. The summed E-state index contributed by atoms with van der Waals surface area (Å²) in [5.74, 6) is -0.984. The zero-order valence-corrected chi connectivity index (χ0v) is 21.7. The second-order valence-corrected chi connectivity index (χ2v) is 9.41. The van der Waals surface area contributed by atoms with Crippen LogP contribution in [0.3, 0.4) is 0 Å². The van der Waals surface area contributed by atoms with E-state index in [1.54, 1.807) is 0 Å². The summed E-state index contributed by atoms with van der Waals surface area (Å²) in [6.07, 6.45) is 4.55. The minimum Gasteiger partial charge on any atom is -0.340 e. The summed E-state index contributed by atoms with van der Waals surface area (Å²) in [5.41, 5.74) is 6.43. The Morgan fingerprint density at radius 2 is 1.59 bits per heavy atom. The number of anilines is 2. The number of benzene rings is 3. The number of ketones is 1. The molecule has 5 heteroatoms. The standard InChI is InChI=1S/C32H34N2O3/c1-4-5-6-10-16-30(33-37-24(3)35)32(36)29-22-34(31-17-12-11-15-28(29)31)27-20-18-26(19-21-27)23(2)25-13-8-7-9-14-25/h7-9,11-15,17-21,29H,2,4-6,10,16,22H2,1,3H3/b33-30+. The van der Waals surface area contributed by atoms with Crippen LogP contribution < -0.4 is 4.90 Å². The van der Waals surface area contributed by atoms with E-state index in [9.17, 15) is 9.59 Å². The van der Waals surface area contributed by atoms with E-state index in [0.29, 0.717) is 18.7 Å². The van der Waals surface area contributed by atoms with Crippen molar-refractivity contribution >= 4 is 34.4 Å². The fourth-order valence-corrected chi connectivity index (χ4v) is 4.78. The van der Waals surface area contributed by atoms with Crippen molar-refractivity contribution in [3.05, 3.63) is 102 Å². The van der Waals surface area contributed by atoms with E-state index in [4.69, 9.17) is 4.84 Å². The first-order valence-electron chi connectivity index (χ1n) is 13.0. The summed E-state index contributed by atoms with van der Waals surface area (Å²) in [6.45, 7) is 8.22. The van der Waals surface area contributed by atoms with Crippen molar-refractivity contribution in [3.8, 4) is 0 Å². The van der Waals surface area contributed by atoms with E-state index in [0.717, 1.165) is 59.3 Å². The molecular weight excluding hydrogens is 460 g/mol. The van der Waals surface area contributed by atoms with Crippen molar-refractivity contribution < 1.29 is 14.4 Å². The third-order valence-corrected chi connectivity index (χ3v) is 6.77. The Kier molecular flexibility index (Phi) is 8.68. The SMILES string of the molecule is C=C(c1ccccc1)c1ccc(N2CC(C(=O)/C(CCCCCC)=N/OC(C)=O)c3ccccc32)cc1. The Morgan fingerprint density at radius 3 is 2.30 bits per heavy atom. The van der Waals surface area contributed by atoms with Gasteiger partial charge in [-0.25, -0.2) is 4.79 Å². The fraction of sp³-hybridized carbons (Fsp3) is 0.281. The van der Waals surface area contributed by atoms with E-state index in [1.165, 1.54) is 6.92 Å². The molecule has 1 unspecified atom stereocenters. The predicted molar refractivity (Wildman–Crippen MR) is 150 cm³/mol. The number of nitrogens with zero attached hydrogens (tertiary/aromatic N) is 2. The molecule has 0 aromatic heterocycles. The molecule has 3 aromatic carbocycles. The van der Waals surface area contributed by atoms with Gasteiger partial charge in [-0.3, -0.25) is 4.79 Å². The molecule has 0 fully saturated rings. The molecular formula is C32H34N2O3. The maximum absolute atomic E-state index is 13.7. The molecule has 1 aliphatic rings. The molecule has 0 radical (unpaired) electrons. The highest BCUT2D eigenvalue weighted by molar-refractivity contribution is 6.42. The average molecular weight is 495 g/mol. The van der Waals surface area contributed by atoms with Gasteiger partial charge in [0, 0.05) is 24.8 Å². The minimum absolute atomic E-state index is 0.0817. The normalized spacial score (nSPS) is 14.8. The lowest BCUT2D eigenvalue weighted by atomic mass is 9.92. The minimum atomic E-state index is -0.524. The van der Waals surface area contributed by atoms with E-state index >= 15 is 0 Å². The van der Waals surface area contributed by atoms with Gasteiger partial charge in [0.15, 0.2) is 5.78 Å². The van der Waals surface area contributed by atoms with Crippen LogP contribution in [0.4, 0.5) is 11.4 Å². The Hall–Kier alpha value is -3.99. The summed E-state index contributed by atoms with van der Waals surface area (Å²) in [5, 5.41) is 3.99. The van der Waals surface area contributed by atoms with Gasteiger partial charge >= 0.3 is 5.97 Å². The number of carbonyl (C=O) groups excluding carboxylic acids is 2. The lowest BCUT2D eigenvalue weighted by Gasteiger charge is -2.21. The van der Waals surface area contributed by atoms with E-state index in [2.05, 4.69) is 60.0 Å².